The Balaban J connectivity index is 1.96. The first-order chi connectivity index (χ1) is 9.16. The van der Waals surface area contributed by atoms with Gasteiger partial charge in [0.15, 0.2) is 0 Å². The third kappa shape index (κ3) is 3.55. The molecular formula is C15H18N4. The zero-order chi connectivity index (χ0) is 13.7. The van der Waals surface area contributed by atoms with Crippen LogP contribution in [0.25, 0.3) is 0 Å². The van der Waals surface area contributed by atoms with Gasteiger partial charge in [-0.2, -0.15) is 0 Å². The predicted octanol–water partition coefficient (Wildman–Crippen LogP) is 2.04. The van der Waals surface area contributed by atoms with Crippen molar-refractivity contribution in [3.8, 4) is 0 Å². The molecule has 0 fully saturated rings. The number of hydrogen-bond donors (Lipinski definition) is 2. The fraction of sp³-hybridized carbons (Fsp3) is 0.200. The second-order valence-electron chi connectivity index (χ2n) is 4.48. The summed E-state index contributed by atoms with van der Waals surface area (Å²) in [6, 6.07) is 14.1. The summed E-state index contributed by atoms with van der Waals surface area (Å²) in [5, 5.41) is 7.33. The average molecular weight is 254 g/mol. The number of nitrogens with two attached hydrogens (primary N) is 1. The summed E-state index contributed by atoms with van der Waals surface area (Å²) >= 11 is 0. The van der Waals surface area contributed by atoms with E-state index in [0.29, 0.717) is 5.56 Å². The highest BCUT2D eigenvalue weighted by atomic mass is 15.2. The number of amidine groups is 1. The van der Waals surface area contributed by atoms with Crippen molar-refractivity contribution in [2.75, 3.05) is 18.5 Å². The van der Waals surface area contributed by atoms with Crippen LogP contribution in [0.3, 0.4) is 0 Å². The largest absolute Gasteiger partial charge is 0.384 e. The molecule has 4 nitrogen and oxygen atoms in total. The summed E-state index contributed by atoms with van der Waals surface area (Å²) < 4.78 is 0. The second kappa shape index (κ2) is 6.00. The first-order valence-corrected chi connectivity index (χ1v) is 6.22. The predicted molar refractivity (Wildman–Crippen MR) is 78.7 cm³/mol. The standard InChI is InChI=1S/C15H18N4/c1-19(10-9-12-5-3-2-4-6-12)14-8-7-13(11-18-14)15(16)17/h2-8,11H,9-10H2,1H3,(H3,16,17). The smallest absolute Gasteiger partial charge is 0.128 e. The molecule has 2 rings (SSSR count). The number of likely N-dealkylation sites (N-methyl/N-ethyl adjacent to an activating group) is 1. The summed E-state index contributed by atoms with van der Waals surface area (Å²) in [4.78, 5) is 6.41. The van der Waals surface area contributed by atoms with Gasteiger partial charge in [-0.1, -0.05) is 30.3 Å². The third-order valence-corrected chi connectivity index (χ3v) is 3.03. The van der Waals surface area contributed by atoms with Crippen LogP contribution in [0.4, 0.5) is 5.82 Å². The highest BCUT2D eigenvalue weighted by Crippen LogP contribution is 2.10. The van der Waals surface area contributed by atoms with Gasteiger partial charge in [-0.05, 0) is 24.1 Å². The Morgan fingerprint density at radius 1 is 1.21 bits per heavy atom. The van der Waals surface area contributed by atoms with Crippen LogP contribution in [-0.4, -0.2) is 24.4 Å². The zero-order valence-corrected chi connectivity index (χ0v) is 11.0. The highest BCUT2D eigenvalue weighted by molar-refractivity contribution is 5.94. The number of hydrogen-bond acceptors (Lipinski definition) is 3. The molecule has 1 aromatic heterocycles. The molecule has 1 heterocycles. The maximum Gasteiger partial charge on any atom is 0.128 e. The maximum atomic E-state index is 7.33. The lowest BCUT2D eigenvalue weighted by atomic mass is 10.1. The molecule has 0 spiro atoms. The Morgan fingerprint density at radius 3 is 2.53 bits per heavy atom. The summed E-state index contributed by atoms with van der Waals surface area (Å²) in [6.45, 7) is 0.899. The van der Waals surface area contributed by atoms with Crippen LogP contribution in [0.1, 0.15) is 11.1 Å². The number of nitrogens with zero attached hydrogens (tertiary/aromatic N) is 2. The molecule has 0 atom stereocenters. The van der Waals surface area contributed by atoms with Crippen LogP contribution in [0, 0.1) is 5.41 Å². The molecule has 1 aromatic carbocycles. The summed E-state index contributed by atoms with van der Waals surface area (Å²) in [5.74, 6) is 0.937. The van der Waals surface area contributed by atoms with Crippen molar-refractivity contribution in [3.63, 3.8) is 0 Å². The number of aromatic nitrogens is 1. The first-order valence-electron chi connectivity index (χ1n) is 6.22. The van der Waals surface area contributed by atoms with Gasteiger partial charge in [0.2, 0.25) is 0 Å². The Morgan fingerprint density at radius 2 is 1.95 bits per heavy atom. The molecule has 0 unspecified atom stereocenters. The highest BCUT2D eigenvalue weighted by Gasteiger charge is 2.04. The molecule has 4 heteroatoms. The van der Waals surface area contributed by atoms with Crippen LogP contribution in [0.15, 0.2) is 48.7 Å². The van der Waals surface area contributed by atoms with Crippen molar-refractivity contribution in [1.29, 1.82) is 5.41 Å². The minimum atomic E-state index is 0.0472. The number of pyridine rings is 1. The number of nitrogens with one attached hydrogen (secondary N) is 1. The van der Waals surface area contributed by atoms with Crippen molar-refractivity contribution in [1.82, 2.24) is 4.98 Å². The van der Waals surface area contributed by atoms with E-state index in [1.807, 2.05) is 25.2 Å². The third-order valence-electron chi connectivity index (χ3n) is 3.03. The van der Waals surface area contributed by atoms with E-state index in [9.17, 15) is 0 Å². The monoisotopic (exact) mass is 254 g/mol. The topological polar surface area (TPSA) is 66.0 Å². The Hall–Kier alpha value is -2.36. The van der Waals surface area contributed by atoms with Crippen molar-refractivity contribution in [2.24, 2.45) is 5.73 Å². The van der Waals surface area contributed by atoms with Gasteiger partial charge in [0.25, 0.3) is 0 Å². The number of nitrogen functional groups attached to an aromatic ring is 1. The zero-order valence-electron chi connectivity index (χ0n) is 11.0. The SMILES string of the molecule is CN(CCc1ccccc1)c1ccc(C(=N)N)cn1. The van der Waals surface area contributed by atoms with E-state index in [4.69, 9.17) is 11.1 Å². The molecule has 0 radical (unpaired) electrons. The maximum absolute atomic E-state index is 7.33. The quantitative estimate of drug-likeness (QED) is 0.634. The van der Waals surface area contributed by atoms with Crippen molar-refractivity contribution < 1.29 is 0 Å². The number of rotatable bonds is 5. The van der Waals surface area contributed by atoms with Gasteiger partial charge in [-0.25, -0.2) is 4.98 Å². The molecule has 0 saturated carbocycles. The van der Waals surface area contributed by atoms with Crippen LogP contribution < -0.4 is 10.6 Å². The van der Waals surface area contributed by atoms with E-state index in [1.54, 1.807) is 6.20 Å². The van der Waals surface area contributed by atoms with Gasteiger partial charge in [0.1, 0.15) is 11.7 Å². The van der Waals surface area contributed by atoms with Gasteiger partial charge in [0.05, 0.1) is 0 Å². The Bertz CT molecular complexity index is 534. The van der Waals surface area contributed by atoms with E-state index in [2.05, 4.69) is 34.1 Å². The lowest BCUT2D eigenvalue weighted by Crippen LogP contribution is -2.21. The minimum absolute atomic E-state index is 0.0472. The molecule has 0 bridgehead atoms. The molecule has 0 aliphatic carbocycles. The average Bonchev–Trinajstić information content (AvgIpc) is 2.46. The summed E-state index contributed by atoms with van der Waals surface area (Å²) in [7, 11) is 2.01. The van der Waals surface area contributed by atoms with Gasteiger partial charge < -0.3 is 10.6 Å². The van der Waals surface area contributed by atoms with Gasteiger partial charge >= 0.3 is 0 Å². The normalized spacial score (nSPS) is 10.2. The molecular weight excluding hydrogens is 236 g/mol. The van der Waals surface area contributed by atoms with Crippen LogP contribution in [-0.2, 0) is 6.42 Å². The molecule has 98 valence electrons. The van der Waals surface area contributed by atoms with E-state index < -0.39 is 0 Å². The van der Waals surface area contributed by atoms with Gasteiger partial charge in [0, 0.05) is 25.4 Å². The lowest BCUT2D eigenvalue weighted by Gasteiger charge is -2.18. The number of benzene rings is 1. The summed E-state index contributed by atoms with van der Waals surface area (Å²) in [6.07, 6.45) is 2.62. The molecule has 3 N–H and O–H groups in total. The van der Waals surface area contributed by atoms with Crippen molar-refractivity contribution >= 4 is 11.7 Å². The van der Waals surface area contributed by atoms with Crippen LogP contribution in [0.2, 0.25) is 0 Å². The minimum Gasteiger partial charge on any atom is -0.384 e. The molecule has 19 heavy (non-hydrogen) atoms. The fourth-order valence-corrected chi connectivity index (χ4v) is 1.83. The number of anilines is 1. The van der Waals surface area contributed by atoms with Crippen molar-refractivity contribution in [2.45, 2.75) is 6.42 Å². The van der Waals surface area contributed by atoms with Crippen molar-refractivity contribution in [3.05, 3.63) is 59.8 Å². The second-order valence-corrected chi connectivity index (χ2v) is 4.48. The van der Waals surface area contributed by atoms with E-state index >= 15 is 0 Å². The molecule has 2 aromatic rings. The lowest BCUT2D eigenvalue weighted by molar-refractivity contribution is 0.860. The Labute approximate surface area is 113 Å². The van der Waals surface area contributed by atoms with Gasteiger partial charge in [-0.15, -0.1) is 0 Å². The first kappa shape index (κ1) is 13.1. The molecule has 0 saturated heterocycles. The van der Waals surface area contributed by atoms with E-state index in [-0.39, 0.29) is 5.84 Å². The fourth-order valence-electron chi connectivity index (χ4n) is 1.83. The van der Waals surface area contributed by atoms with Gasteiger partial charge in [-0.3, -0.25) is 5.41 Å². The van der Waals surface area contributed by atoms with E-state index in [0.717, 1.165) is 18.8 Å². The molecule has 0 amide bonds. The van der Waals surface area contributed by atoms with Crippen LogP contribution >= 0.6 is 0 Å². The molecule has 0 aliphatic heterocycles. The molecule has 0 aliphatic rings. The van der Waals surface area contributed by atoms with Crippen LogP contribution in [0.5, 0.6) is 0 Å². The summed E-state index contributed by atoms with van der Waals surface area (Å²) in [5.41, 5.74) is 7.37. The van der Waals surface area contributed by atoms with E-state index in [1.165, 1.54) is 5.56 Å². The Kier molecular flexibility index (Phi) is 4.13.